The van der Waals surface area contributed by atoms with Crippen LogP contribution in [0.1, 0.15) is 37.3 Å². The molecule has 1 aliphatic carbocycles. The van der Waals surface area contributed by atoms with E-state index in [1.165, 1.54) is 13.0 Å². The monoisotopic (exact) mass is 431 g/mol. The Morgan fingerprint density at radius 2 is 1.94 bits per heavy atom. The molecule has 5 nitrogen and oxygen atoms in total. The highest BCUT2D eigenvalue weighted by atomic mass is 19.4. The zero-order valence-corrected chi connectivity index (χ0v) is 17.2. The number of rotatable bonds is 9. The molecule has 3 rings (SSSR count). The summed E-state index contributed by atoms with van der Waals surface area (Å²) in [6, 6.07) is 12.5. The highest BCUT2D eigenvalue weighted by molar-refractivity contribution is 5.88. The summed E-state index contributed by atoms with van der Waals surface area (Å²) in [5.74, 6) is 0.994. The van der Waals surface area contributed by atoms with Crippen LogP contribution in [0.5, 0.6) is 5.75 Å². The fourth-order valence-electron chi connectivity index (χ4n) is 3.28. The molecule has 0 aliphatic heterocycles. The third-order valence-corrected chi connectivity index (χ3v) is 4.99. The number of hydrogen-bond acceptors (Lipinski definition) is 4. The molecule has 2 aromatic rings. The second kappa shape index (κ2) is 9.73. The van der Waals surface area contributed by atoms with E-state index < -0.39 is 11.7 Å². The first-order chi connectivity index (χ1) is 14.8. The van der Waals surface area contributed by atoms with Crippen LogP contribution in [0.4, 0.5) is 24.5 Å². The van der Waals surface area contributed by atoms with Gasteiger partial charge >= 0.3 is 6.18 Å². The van der Waals surface area contributed by atoms with Crippen LogP contribution in [0.3, 0.4) is 0 Å². The van der Waals surface area contributed by atoms with Gasteiger partial charge in [0.05, 0.1) is 23.8 Å². The van der Waals surface area contributed by atoms with Gasteiger partial charge in [0, 0.05) is 31.4 Å². The van der Waals surface area contributed by atoms with Crippen LogP contribution in [-0.2, 0) is 11.0 Å². The number of ether oxygens (including phenoxy) is 1. The van der Waals surface area contributed by atoms with E-state index in [-0.39, 0.29) is 11.5 Å². The molecule has 0 spiro atoms. The minimum absolute atomic E-state index is 0.152. The van der Waals surface area contributed by atoms with Gasteiger partial charge in [0.2, 0.25) is 5.91 Å². The van der Waals surface area contributed by atoms with Crippen molar-refractivity contribution in [2.24, 2.45) is 5.92 Å². The molecule has 1 amide bonds. The third kappa shape index (κ3) is 6.64. The third-order valence-electron chi connectivity index (χ3n) is 4.99. The maximum Gasteiger partial charge on any atom is 0.417 e. The maximum absolute atomic E-state index is 13.3. The smallest absolute Gasteiger partial charge is 0.417 e. The van der Waals surface area contributed by atoms with Gasteiger partial charge in [0.1, 0.15) is 5.75 Å². The van der Waals surface area contributed by atoms with Crippen molar-refractivity contribution in [1.29, 1.82) is 5.26 Å². The Bertz CT molecular complexity index is 948. The normalized spacial score (nSPS) is 13.4. The maximum atomic E-state index is 13.3. The number of carbonyl (C=O) groups is 1. The Morgan fingerprint density at radius 1 is 1.23 bits per heavy atom. The molecule has 1 N–H and O–H groups in total. The molecule has 0 saturated heterocycles. The first-order valence-electron chi connectivity index (χ1n) is 10.1. The summed E-state index contributed by atoms with van der Waals surface area (Å²) in [6.45, 7) is 3.07. The molecule has 0 atom stereocenters. The first-order valence-corrected chi connectivity index (χ1v) is 10.1. The Balaban J connectivity index is 1.61. The number of nitrogens with zero attached hydrogens (tertiary/aromatic N) is 2. The summed E-state index contributed by atoms with van der Waals surface area (Å²) in [5.41, 5.74) is -0.118. The zero-order chi connectivity index (χ0) is 22.4. The van der Waals surface area contributed by atoms with Crippen molar-refractivity contribution >= 4 is 17.3 Å². The van der Waals surface area contributed by atoms with Crippen LogP contribution in [0.15, 0.2) is 42.5 Å². The van der Waals surface area contributed by atoms with E-state index in [4.69, 9.17) is 10.00 Å². The minimum Gasteiger partial charge on any atom is -0.494 e. The lowest BCUT2D eigenvalue weighted by Gasteiger charge is -2.26. The number of nitriles is 1. The fraction of sp³-hybridized carbons (Fsp3) is 0.391. The molecule has 1 saturated carbocycles. The Morgan fingerprint density at radius 3 is 2.52 bits per heavy atom. The van der Waals surface area contributed by atoms with Gasteiger partial charge in [-0.1, -0.05) is 0 Å². The summed E-state index contributed by atoms with van der Waals surface area (Å²) in [5, 5.41) is 11.7. The molecule has 0 heterocycles. The molecule has 1 aliphatic rings. The second-order valence-electron chi connectivity index (χ2n) is 7.64. The molecule has 0 aromatic heterocycles. The number of anilines is 2. The number of nitrogens with one attached hydrogen (secondary N) is 1. The van der Waals surface area contributed by atoms with Crippen LogP contribution in [-0.4, -0.2) is 25.6 Å². The summed E-state index contributed by atoms with van der Waals surface area (Å²) < 4.78 is 45.7. The fourth-order valence-corrected chi connectivity index (χ4v) is 3.28. The van der Waals surface area contributed by atoms with Crippen LogP contribution in [0.2, 0.25) is 0 Å². The average molecular weight is 431 g/mol. The van der Waals surface area contributed by atoms with E-state index in [0.29, 0.717) is 49.2 Å². The van der Waals surface area contributed by atoms with Crippen LogP contribution < -0.4 is 15.0 Å². The lowest BCUT2D eigenvalue weighted by Crippen LogP contribution is -2.28. The van der Waals surface area contributed by atoms with Crippen molar-refractivity contribution in [3.05, 3.63) is 53.6 Å². The highest BCUT2D eigenvalue weighted by Gasteiger charge is 2.34. The second-order valence-corrected chi connectivity index (χ2v) is 7.64. The zero-order valence-electron chi connectivity index (χ0n) is 17.2. The van der Waals surface area contributed by atoms with Gasteiger partial charge in [-0.2, -0.15) is 18.4 Å². The van der Waals surface area contributed by atoms with E-state index >= 15 is 0 Å². The van der Waals surface area contributed by atoms with Crippen molar-refractivity contribution in [3.63, 3.8) is 0 Å². The topological polar surface area (TPSA) is 65.4 Å². The van der Waals surface area contributed by atoms with E-state index in [2.05, 4.69) is 5.32 Å². The Hall–Kier alpha value is -3.21. The van der Waals surface area contributed by atoms with E-state index in [9.17, 15) is 18.0 Å². The summed E-state index contributed by atoms with van der Waals surface area (Å²) in [4.78, 5) is 13.0. The Labute approximate surface area is 179 Å². The summed E-state index contributed by atoms with van der Waals surface area (Å²) >= 11 is 0. The predicted molar refractivity (Wildman–Crippen MR) is 112 cm³/mol. The number of halogens is 3. The van der Waals surface area contributed by atoms with Crippen molar-refractivity contribution in [2.75, 3.05) is 29.9 Å². The molecule has 8 heteroatoms. The first kappa shape index (κ1) is 22.5. The van der Waals surface area contributed by atoms with Crippen LogP contribution in [0, 0.1) is 17.2 Å². The van der Waals surface area contributed by atoms with Crippen molar-refractivity contribution < 1.29 is 22.7 Å². The number of hydrogen-bond donors (Lipinski definition) is 1. The van der Waals surface area contributed by atoms with Crippen LogP contribution in [0.25, 0.3) is 0 Å². The van der Waals surface area contributed by atoms with Gasteiger partial charge in [-0.3, -0.25) is 4.79 Å². The highest BCUT2D eigenvalue weighted by Crippen LogP contribution is 2.36. The van der Waals surface area contributed by atoms with Crippen molar-refractivity contribution in [2.45, 2.75) is 32.4 Å². The summed E-state index contributed by atoms with van der Waals surface area (Å²) in [6.07, 6.45) is -1.79. The lowest BCUT2D eigenvalue weighted by molar-refractivity contribution is -0.137. The quantitative estimate of drug-likeness (QED) is 0.553. The van der Waals surface area contributed by atoms with Crippen LogP contribution >= 0.6 is 0 Å². The molecule has 2 aromatic carbocycles. The van der Waals surface area contributed by atoms with Crippen molar-refractivity contribution in [1.82, 2.24) is 0 Å². The summed E-state index contributed by atoms with van der Waals surface area (Å²) in [7, 11) is 0. The lowest BCUT2D eigenvalue weighted by atomic mass is 10.1. The largest absolute Gasteiger partial charge is 0.494 e. The minimum atomic E-state index is -4.57. The number of alkyl halides is 3. The molecular formula is C23H24F3N3O2. The molecule has 1 fully saturated rings. The molecule has 0 bridgehead atoms. The molecule has 0 radical (unpaired) electrons. The number of benzene rings is 2. The predicted octanol–water partition coefficient (Wildman–Crippen LogP) is 5.22. The average Bonchev–Trinajstić information content (AvgIpc) is 3.54. The molecule has 0 unspecified atom stereocenters. The van der Waals surface area contributed by atoms with E-state index in [1.54, 1.807) is 36.4 Å². The van der Waals surface area contributed by atoms with E-state index in [1.807, 2.05) is 4.90 Å². The van der Waals surface area contributed by atoms with Crippen molar-refractivity contribution in [3.8, 4) is 11.8 Å². The molecule has 31 heavy (non-hydrogen) atoms. The standard InChI is InChI=1S/C23H24F3N3O2/c1-16(30)28-19-6-9-21(10-7-19)31-12-2-11-29(15-17-3-4-17)20-8-5-18(14-27)22(13-20)23(24,25)26/h5-10,13,17H,2-4,11-12,15H2,1H3,(H,28,30). The van der Waals surface area contributed by atoms with Gasteiger partial charge in [-0.15, -0.1) is 0 Å². The number of carbonyl (C=O) groups excluding carboxylic acids is 1. The SMILES string of the molecule is CC(=O)Nc1ccc(OCCCN(CC2CC2)c2ccc(C#N)c(C(F)(F)F)c2)cc1. The Kier molecular flexibility index (Phi) is 7.06. The number of amides is 1. The van der Waals surface area contributed by atoms with Gasteiger partial charge in [0.25, 0.3) is 0 Å². The van der Waals surface area contributed by atoms with Gasteiger partial charge < -0.3 is 15.0 Å². The van der Waals surface area contributed by atoms with Gasteiger partial charge in [0.15, 0.2) is 0 Å². The van der Waals surface area contributed by atoms with Gasteiger partial charge in [-0.25, -0.2) is 0 Å². The molecule has 164 valence electrons. The molecular weight excluding hydrogens is 407 g/mol. The van der Waals surface area contributed by atoms with Gasteiger partial charge in [-0.05, 0) is 67.6 Å². The van der Waals surface area contributed by atoms with E-state index in [0.717, 1.165) is 18.9 Å².